The molecule has 0 aliphatic carbocycles. The number of carbonyl (C=O) groups is 1. The van der Waals surface area contributed by atoms with E-state index in [-0.39, 0.29) is 0 Å². The Morgan fingerprint density at radius 1 is 1.62 bits per heavy atom. The van der Waals surface area contributed by atoms with E-state index in [1.165, 1.54) is 0 Å². The van der Waals surface area contributed by atoms with Gasteiger partial charge in [-0.3, -0.25) is 4.48 Å². The molecule has 0 aromatic carbocycles. The Morgan fingerprint density at radius 2 is 2.12 bits per heavy atom. The predicted octanol–water partition coefficient (Wildman–Crippen LogP) is 0.383. The molecule has 0 aromatic rings. The minimum Gasteiger partial charge on any atom is -0.254 e. The summed E-state index contributed by atoms with van der Waals surface area (Å²) in [6, 6.07) is 0. The Kier molecular flexibility index (Phi) is 1.12. The molecule has 0 N–H and O–H groups in total. The topological polar surface area (TPSA) is 17.1 Å². The highest BCUT2D eigenvalue weighted by Crippen LogP contribution is 2.17. The SMILES string of the molecule is CCC(=O)[N+]1(C)CC1. The number of hydrogen-bond acceptors (Lipinski definition) is 1. The molecule has 1 aliphatic rings. The quantitative estimate of drug-likeness (QED) is 0.356. The Bertz CT molecular complexity index is 116. The van der Waals surface area contributed by atoms with E-state index >= 15 is 0 Å². The second-order valence-corrected chi connectivity index (χ2v) is 2.59. The zero-order valence-corrected chi connectivity index (χ0v) is 5.48. The van der Waals surface area contributed by atoms with Gasteiger partial charge in [0, 0.05) is 0 Å². The first kappa shape index (κ1) is 5.76. The average Bonchev–Trinajstić information content (AvgIpc) is 2.47. The van der Waals surface area contributed by atoms with E-state index in [2.05, 4.69) is 0 Å². The highest BCUT2D eigenvalue weighted by atomic mass is 16.2. The molecule has 0 saturated carbocycles. The van der Waals surface area contributed by atoms with E-state index in [4.69, 9.17) is 0 Å². The van der Waals surface area contributed by atoms with Crippen molar-refractivity contribution in [1.82, 2.24) is 0 Å². The summed E-state index contributed by atoms with van der Waals surface area (Å²) in [5, 5.41) is 0. The molecule has 1 saturated heterocycles. The molecule has 1 aliphatic heterocycles. The first-order chi connectivity index (χ1) is 3.69. The van der Waals surface area contributed by atoms with Crippen molar-refractivity contribution in [2.45, 2.75) is 13.3 Å². The molecule has 0 radical (unpaired) electrons. The first-order valence-electron chi connectivity index (χ1n) is 3.07. The van der Waals surface area contributed by atoms with Gasteiger partial charge in [0.15, 0.2) is 0 Å². The van der Waals surface area contributed by atoms with Crippen LogP contribution >= 0.6 is 0 Å². The molecule has 8 heavy (non-hydrogen) atoms. The largest absolute Gasteiger partial charge is 0.313 e. The molecule has 1 heterocycles. The summed E-state index contributed by atoms with van der Waals surface area (Å²) >= 11 is 0. The van der Waals surface area contributed by atoms with E-state index in [1.807, 2.05) is 14.0 Å². The van der Waals surface area contributed by atoms with Gasteiger partial charge in [-0.25, -0.2) is 4.79 Å². The Balaban J connectivity index is 2.46. The number of carbonyl (C=O) groups excluding carboxylic acids is 1. The van der Waals surface area contributed by atoms with Gasteiger partial charge in [0.1, 0.15) is 13.1 Å². The lowest BCUT2D eigenvalue weighted by atomic mass is 10.4. The van der Waals surface area contributed by atoms with E-state index < -0.39 is 0 Å². The summed E-state index contributed by atoms with van der Waals surface area (Å²) in [6.07, 6.45) is 0.691. The Labute approximate surface area is 49.7 Å². The third-order valence-electron chi connectivity index (χ3n) is 1.80. The summed E-state index contributed by atoms with van der Waals surface area (Å²) in [7, 11) is 1.99. The average molecular weight is 114 g/mol. The maximum Gasteiger partial charge on any atom is 0.313 e. The van der Waals surface area contributed by atoms with Gasteiger partial charge in [-0.2, -0.15) is 0 Å². The van der Waals surface area contributed by atoms with Gasteiger partial charge >= 0.3 is 5.91 Å². The van der Waals surface area contributed by atoms with Crippen LogP contribution in [0.5, 0.6) is 0 Å². The van der Waals surface area contributed by atoms with Crippen LogP contribution in [0.3, 0.4) is 0 Å². The summed E-state index contributed by atoms with van der Waals surface area (Å²) < 4.78 is 0.691. The smallest absolute Gasteiger partial charge is 0.254 e. The molecular weight excluding hydrogens is 102 g/mol. The third kappa shape index (κ3) is 0.757. The van der Waals surface area contributed by atoms with Crippen LogP contribution in [0, 0.1) is 0 Å². The Morgan fingerprint density at radius 3 is 2.25 bits per heavy atom. The van der Waals surface area contributed by atoms with E-state index in [9.17, 15) is 4.79 Å². The van der Waals surface area contributed by atoms with Crippen LogP contribution < -0.4 is 0 Å². The summed E-state index contributed by atoms with van der Waals surface area (Å²) in [5.41, 5.74) is 0. The lowest BCUT2D eigenvalue weighted by Gasteiger charge is -2.04. The summed E-state index contributed by atoms with van der Waals surface area (Å²) in [5.74, 6) is 0.380. The fourth-order valence-electron chi connectivity index (χ4n) is 0.781. The van der Waals surface area contributed by atoms with E-state index in [0.29, 0.717) is 16.8 Å². The van der Waals surface area contributed by atoms with Crippen LogP contribution in [0.4, 0.5) is 0 Å². The van der Waals surface area contributed by atoms with Crippen LogP contribution in [-0.4, -0.2) is 30.5 Å². The summed E-state index contributed by atoms with van der Waals surface area (Å²) in [6.45, 7) is 4.05. The number of quaternary nitrogens is 1. The molecule has 2 heteroatoms. The fraction of sp³-hybridized carbons (Fsp3) is 0.833. The zero-order valence-electron chi connectivity index (χ0n) is 5.48. The van der Waals surface area contributed by atoms with Gasteiger partial charge < -0.3 is 0 Å². The summed E-state index contributed by atoms with van der Waals surface area (Å²) in [4.78, 5) is 10.9. The number of amides is 1. The molecule has 1 rings (SSSR count). The van der Waals surface area contributed by atoms with Crippen LogP contribution in [0.1, 0.15) is 13.3 Å². The van der Waals surface area contributed by atoms with Crippen LogP contribution in [-0.2, 0) is 4.79 Å². The molecule has 1 fully saturated rings. The molecule has 0 spiro atoms. The van der Waals surface area contributed by atoms with Crippen molar-refractivity contribution in [2.24, 2.45) is 0 Å². The molecule has 0 aromatic heterocycles. The second-order valence-electron chi connectivity index (χ2n) is 2.59. The van der Waals surface area contributed by atoms with Crippen LogP contribution in [0.2, 0.25) is 0 Å². The van der Waals surface area contributed by atoms with Crippen molar-refractivity contribution in [3.8, 4) is 0 Å². The van der Waals surface area contributed by atoms with Crippen LogP contribution in [0.15, 0.2) is 0 Å². The van der Waals surface area contributed by atoms with E-state index in [1.54, 1.807) is 0 Å². The van der Waals surface area contributed by atoms with Gasteiger partial charge in [-0.15, -0.1) is 0 Å². The monoisotopic (exact) mass is 114 g/mol. The first-order valence-corrected chi connectivity index (χ1v) is 3.07. The molecule has 0 atom stereocenters. The van der Waals surface area contributed by atoms with Crippen molar-refractivity contribution < 1.29 is 9.28 Å². The standard InChI is InChI=1S/C6H12NO/c1-3-6(8)7(2)4-5-7/h3-5H2,1-2H3/q+1. The van der Waals surface area contributed by atoms with Crippen molar-refractivity contribution in [3.05, 3.63) is 0 Å². The normalized spacial score (nSPS) is 22.8. The van der Waals surface area contributed by atoms with Crippen molar-refractivity contribution in [3.63, 3.8) is 0 Å². The van der Waals surface area contributed by atoms with Gasteiger partial charge in [-0.05, 0) is 0 Å². The van der Waals surface area contributed by atoms with Gasteiger partial charge in [0.05, 0.1) is 13.5 Å². The third-order valence-corrected chi connectivity index (χ3v) is 1.80. The number of nitrogens with zero attached hydrogens (tertiary/aromatic N) is 1. The Hall–Kier alpha value is -0.370. The van der Waals surface area contributed by atoms with Gasteiger partial charge in [-0.1, -0.05) is 6.92 Å². The molecule has 0 unspecified atom stereocenters. The van der Waals surface area contributed by atoms with Gasteiger partial charge in [0.2, 0.25) is 0 Å². The number of rotatable bonds is 1. The second kappa shape index (κ2) is 1.55. The highest BCUT2D eigenvalue weighted by Gasteiger charge is 2.43. The molecule has 1 amide bonds. The molecular formula is C6H12NO+. The van der Waals surface area contributed by atoms with Crippen LogP contribution in [0.25, 0.3) is 0 Å². The highest BCUT2D eigenvalue weighted by molar-refractivity contribution is 5.69. The maximum atomic E-state index is 10.9. The maximum absolute atomic E-state index is 10.9. The molecule has 0 bridgehead atoms. The predicted molar refractivity (Wildman–Crippen MR) is 31.2 cm³/mol. The van der Waals surface area contributed by atoms with E-state index in [0.717, 1.165) is 13.1 Å². The number of likely N-dealkylation sites (N-methyl/N-ethyl adjacent to an activating group) is 1. The molecule has 2 nitrogen and oxygen atoms in total. The van der Waals surface area contributed by atoms with Crippen molar-refractivity contribution in [1.29, 1.82) is 0 Å². The molecule has 46 valence electrons. The number of hydrogen-bond donors (Lipinski definition) is 0. The van der Waals surface area contributed by atoms with Crippen molar-refractivity contribution in [2.75, 3.05) is 20.1 Å². The fourth-order valence-corrected chi connectivity index (χ4v) is 0.781. The van der Waals surface area contributed by atoms with Crippen molar-refractivity contribution >= 4 is 5.91 Å². The minimum absolute atomic E-state index is 0.380. The zero-order chi connectivity index (χ0) is 6.20. The van der Waals surface area contributed by atoms with Gasteiger partial charge in [0.25, 0.3) is 0 Å². The lowest BCUT2D eigenvalue weighted by Crippen LogP contribution is -2.27. The lowest BCUT2D eigenvalue weighted by molar-refractivity contribution is -0.694. The minimum atomic E-state index is 0.380.